The summed E-state index contributed by atoms with van der Waals surface area (Å²) in [7, 11) is -0.805. The molecule has 0 aromatic rings. The Morgan fingerprint density at radius 3 is 2.60 bits per heavy atom. The van der Waals surface area contributed by atoms with Gasteiger partial charge in [0.05, 0.1) is 0 Å². The van der Waals surface area contributed by atoms with Crippen LogP contribution in [0, 0.1) is 0 Å². The second-order valence-corrected chi connectivity index (χ2v) is 5.23. The van der Waals surface area contributed by atoms with Crippen molar-refractivity contribution in [3.63, 3.8) is 0 Å². The molecule has 0 N–H and O–H groups in total. The molecule has 0 amide bonds. The fourth-order valence-corrected chi connectivity index (χ4v) is 1.95. The number of hydrogen-bond donors (Lipinski definition) is 0. The Balaban J connectivity index is 3.24. The quantitative estimate of drug-likeness (QED) is 0.441. The first-order chi connectivity index (χ1) is 4.66. The zero-order valence-electron chi connectivity index (χ0n) is 7.26. The van der Waals surface area contributed by atoms with Gasteiger partial charge >= 0.3 is 0 Å². The molecule has 1 unspecified atom stereocenters. The topological polar surface area (TPSA) is 9.23 Å². The van der Waals surface area contributed by atoms with E-state index in [1.54, 1.807) is 0 Å². The van der Waals surface area contributed by atoms with E-state index in [-0.39, 0.29) is 0 Å². The van der Waals surface area contributed by atoms with Crippen molar-refractivity contribution in [1.29, 1.82) is 0 Å². The van der Waals surface area contributed by atoms with Crippen LogP contribution in [0.2, 0.25) is 13.1 Å². The zero-order chi connectivity index (χ0) is 7.98. The lowest BCUT2D eigenvalue weighted by Crippen LogP contribution is -2.16. The zero-order valence-corrected chi connectivity index (χ0v) is 8.42. The third kappa shape index (κ3) is 6.04. The first-order valence-corrected chi connectivity index (χ1v) is 6.71. The van der Waals surface area contributed by atoms with Crippen LogP contribution in [0.1, 0.15) is 19.8 Å². The summed E-state index contributed by atoms with van der Waals surface area (Å²) >= 11 is 0. The van der Waals surface area contributed by atoms with Crippen LogP contribution in [0.4, 0.5) is 0 Å². The van der Waals surface area contributed by atoms with Gasteiger partial charge in [-0.3, -0.25) is 0 Å². The highest BCUT2D eigenvalue weighted by Crippen LogP contribution is 2.02. The smallest absolute Gasteiger partial charge is 0.171 e. The van der Waals surface area contributed by atoms with Gasteiger partial charge in [0.2, 0.25) is 0 Å². The molecule has 10 heavy (non-hydrogen) atoms. The van der Waals surface area contributed by atoms with E-state index in [0.29, 0.717) is 6.10 Å². The van der Waals surface area contributed by atoms with Crippen LogP contribution in [0.3, 0.4) is 0 Å². The third-order valence-corrected chi connectivity index (χ3v) is 2.29. The monoisotopic (exact) mass is 158 g/mol. The summed E-state index contributed by atoms with van der Waals surface area (Å²) in [5.74, 6) is 0. The molecule has 0 aliphatic heterocycles. The van der Waals surface area contributed by atoms with Crippen molar-refractivity contribution >= 4 is 9.04 Å². The lowest BCUT2D eigenvalue weighted by Gasteiger charge is -2.14. The summed E-state index contributed by atoms with van der Waals surface area (Å²) in [6.45, 7) is 10.2. The van der Waals surface area contributed by atoms with Crippen LogP contribution in [-0.2, 0) is 4.43 Å². The highest BCUT2D eigenvalue weighted by Gasteiger charge is 2.02. The van der Waals surface area contributed by atoms with Crippen molar-refractivity contribution in [3.05, 3.63) is 12.7 Å². The molecule has 1 nitrogen and oxygen atoms in total. The molecule has 0 saturated carbocycles. The lowest BCUT2D eigenvalue weighted by molar-refractivity contribution is 0.216. The molecule has 0 fully saturated rings. The van der Waals surface area contributed by atoms with E-state index in [9.17, 15) is 0 Å². The summed E-state index contributed by atoms with van der Waals surface area (Å²) in [5, 5.41) is 0. The van der Waals surface area contributed by atoms with Crippen LogP contribution < -0.4 is 0 Å². The molecular weight excluding hydrogens is 140 g/mol. The lowest BCUT2D eigenvalue weighted by atomic mass is 10.2. The molecule has 2 heteroatoms. The molecule has 0 radical (unpaired) electrons. The second-order valence-electron chi connectivity index (χ2n) is 2.86. The van der Waals surface area contributed by atoms with E-state index in [2.05, 4.69) is 26.6 Å². The average molecular weight is 158 g/mol. The first kappa shape index (κ1) is 9.92. The van der Waals surface area contributed by atoms with E-state index in [0.717, 1.165) is 12.8 Å². The Bertz CT molecular complexity index is 91.3. The van der Waals surface area contributed by atoms with Crippen LogP contribution in [0.15, 0.2) is 12.7 Å². The van der Waals surface area contributed by atoms with Crippen molar-refractivity contribution < 1.29 is 4.43 Å². The van der Waals surface area contributed by atoms with E-state index < -0.39 is 9.04 Å². The molecule has 0 bridgehead atoms. The normalized spacial score (nSPS) is 13.6. The summed E-state index contributed by atoms with van der Waals surface area (Å²) in [6.07, 6.45) is 4.57. The summed E-state index contributed by atoms with van der Waals surface area (Å²) in [6, 6.07) is 0. The predicted molar refractivity (Wildman–Crippen MR) is 48.9 cm³/mol. The van der Waals surface area contributed by atoms with Crippen LogP contribution in [0.25, 0.3) is 0 Å². The maximum atomic E-state index is 5.64. The Morgan fingerprint density at radius 2 is 2.20 bits per heavy atom. The Hall–Kier alpha value is -0.0831. The second kappa shape index (κ2) is 5.68. The summed E-state index contributed by atoms with van der Waals surface area (Å²) < 4.78 is 5.64. The average Bonchev–Trinajstić information content (AvgIpc) is 1.82. The molecule has 0 aliphatic rings. The largest absolute Gasteiger partial charge is 0.418 e. The van der Waals surface area contributed by atoms with Gasteiger partial charge in [-0.05, 0) is 32.9 Å². The van der Waals surface area contributed by atoms with Gasteiger partial charge < -0.3 is 4.43 Å². The summed E-state index contributed by atoms with van der Waals surface area (Å²) in [5.41, 5.74) is 0. The predicted octanol–water partition coefficient (Wildman–Crippen LogP) is 2.34. The molecule has 0 rings (SSSR count). The van der Waals surface area contributed by atoms with Gasteiger partial charge in [0.1, 0.15) is 0 Å². The number of hydrogen-bond acceptors (Lipinski definition) is 1. The standard InChI is InChI=1S/C8H18OSi/c1-5-6-7-8(2)9-10(3)4/h5,8,10H,1,6-7H2,2-4H3. The Labute approximate surface area is 65.8 Å². The third-order valence-electron chi connectivity index (χ3n) is 1.28. The minimum atomic E-state index is -0.805. The highest BCUT2D eigenvalue weighted by molar-refractivity contribution is 6.48. The van der Waals surface area contributed by atoms with Crippen molar-refractivity contribution in [2.45, 2.75) is 39.0 Å². The van der Waals surface area contributed by atoms with Crippen molar-refractivity contribution in [2.24, 2.45) is 0 Å². The van der Waals surface area contributed by atoms with Crippen LogP contribution in [-0.4, -0.2) is 15.1 Å². The minimum Gasteiger partial charge on any atom is -0.418 e. The van der Waals surface area contributed by atoms with Gasteiger partial charge in [-0.2, -0.15) is 0 Å². The molecule has 0 saturated heterocycles. The maximum Gasteiger partial charge on any atom is 0.171 e. The van der Waals surface area contributed by atoms with E-state index in [4.69, 9.17) is 4.43 Å². The summed E-state index contributed by atoms with van der Waals surface area (Å²) in [4.78, 5) is 0. The van der Waals surface area contributed by atoms with Crippen molar-refractivity contribution in [2.75, 3.05) is 0 Å². The molecule has 0 aliphatic carbocycles. The SMILES string of the molecule is C=CCCC(C)O[SiH](C)C. The molecule has 0 spiro atoms. The number of rotatable bonds is 5. The first-order valence-electron chi connectivity index (χ1n) is 3.93. The Morgan fingerprint density at radius 1 is 1.60 bits per heavy atom. The molecule has 0 aromatic heterocycles. The Kier molecular flexibility index (Phi) is 5.64. The molecule has 0 aromatic carbocycles. The molecule has 1 atom stereocenters. The van der Waals surface area contributed by atoms with Crippen LogP contribution >= 0.6 is 0 Å². The van der Waals surface area contributed by atoms with Gasteiger partial charge in [0.25, 0.3) is 0 Å². The van der Waals surface area contributed by atoms with Gasteiger partial charge in [0, 0.05) is 6.10 Å². The highest BCUT2D eigenvalue weighted by atomic mass is 28.3. The minimum absolute atomic E-state index is 0.435. The molecule has 60 valence electrons. The van der Waals surface area contributed by atoms with Crippen LogP contribution in [0.5, 0.6) is 0 Å². The molecular formula is C8H18OSi. The van der Waals surface area contributed by atoms with Gasteiger partial charge in [-0.1, -0.05) is 6.08 Å². The fraction of sp³-hybridized carbons (Fsp3) is 0.750. The van der Waals surface area contributed by atoms with E-state index in [1.165, 1.54) is 0 Å². The van der Waals surface area contributed by atoms with E-state index >= 15 is 0 Å². The molecule has 0 heterocycles. The maximum absolute atomic E-state index is 5.64. The van der Waals surface area contributed by atoms with E-state index in [1.807, 2.05) is 6.08 Å². The van der Waals surface area contributed by atoms with Gasteiger partial charge in [-0.25, -0.2) is 0 Å². The number of allylic oxidation sites excluding steroid dienone is 1. The van der Waals surface area contributed by atoms with Gasteiger partial charge in [0.15, 0.2) is 9.04 Å². The fourth-order valence-electron chi connectivity index (χ4n) is 0.885. The van der Waals surface area contributed by atoms with Gasteiger partial charge in [-0.15, -0.1) is 6.58 Å². The van der Waals surface area contributed by atoms with Crippen molar-refractivity contribution in [1.82, 2.24) is 0 Å². The van der Waals surface area contributed by atoms with Crippen molar-refractivity contribution in [3.8, 4) is 0 Å².